The molecule has 2 aromatic rings. The first kappa shape index (κ1) is 21.5. The van der Waals surface area contributed by atoms with Gasteiger partial charge in [-0.3, -0.25) is 14.4 Å². The maximum absolute atomic E-state index is 11.9. The molecule has 1 fully saturated rings. The molecular formula is C20H29N9O. The topological polar surface area (TPSA) is 124 Å². The zero-order valence-electron chi connectivity index (χ0n) is 17.5. The summed E-state index contributed by atoms with van der Waals surface area (Å²) in [6.45, 7) is 6.64. The Morgan fingerprint density at radius 2 is 2.30 bits per heavy atom. The Bertz CT molecular complexity index is 873. The summed E-state index contributed by atoms with van der Waals surface area (Å²) < 4.78 is 1.57. The fraction of sp³-hybridized carbons (Fsp3) is 0.550. The first-order valence-electron chi connectivity index (χ1n) is 10.3. The second-order valence-electron chi connectivity index (χ2n) is 7.66. The van der Waals surface area contributed by atoms with E-state index in [1.165, 1.54) is 0 Å². The molecule has 160 valence electrons. The minimum atomic E-state index is -0.0853. The Labute approximate surface area is 176 Å². The van der Waals surface area contributed by atoms with Crippen LogP contribution in [-0.2, 0) is 11.3 Å². The molecule has 3 rings (SSSR count). The zero-order chi connectivity index (χ0) is 21.3. The molecule has 0 radical (unpaired) electrons. The second-order valence-corrected chi connectivity index (χ2v) is 7.66. The van der Waals surface area contributed by atoms with E-state index in [1.807, 2.05) is 19.9 Å². The highest BCUT2D eigenvalue weighted by atomic mass is 16.2. The van der Waals surface area contributed by atoms with Gasteiger partial charge >= 0.3 is 0 Å². The van der Waals surface area contributed by atoms with Gasteiger partial charge in [-0.2, -0.15) is 15.3 Å². The molecular weight excluding hydrogens is 382 g/mol. The smallest absolute Gasteiger partial charge is 0.241 e. The number of nitrogens with one attached hydrogen (secondary N) is 3. The number of likely N-dealkylation sites (tertiary alicyclic amines) is 1. The van der Waals surface area contributed by atoms with Crippen molar-refractivity contribution >= 4 is 23.4 Å². The number of carbonyl (C=O) groups is 1. The number of anilines is 3. The fourth-order valence-electron chi connectivity index (χ4n) is 3.51. The van der Waals surface area contributed by atoms with Crippen molar-refractivity contribution in [2.75, 3.05) is 30.3 Å². The fourth-order valence-corrected chi connectivity index (χ4v) is 3.51. The van der Waals surface area contributed by atoms with Crippen LogP contribution in [0.5, 0.6) is 0 Å². The number of amides is 1. The molecule has 1 aliphatic rings. The van der Waals surface area contributed by atoms with Crippen LogP contribution in [-0.4, -0.2) is 62.3 Å². The van der Waals surface area contributed by atoms with Crippen molar-refractivity contribution < 1.29 is 4.79 Å². The van der Waals surface area contributed by atoms with E-state index in [-0.39, 0.29) is 18.5 Å². The van der Waals surface area contributed by atoms with Crippen LogP contribution in [0.1, 0.15) is 33.1 Å². The molecule has 0 spiro atoms. The van der Waals surface area contributed by atoms with Gasteiger partial charge in [0, 0.05) is 44.0 Å². The molecule has 10 heteroatoms. The highest BCUT2D eigenvalue weighted by molar-refractivity contribution is 5.76. The number of nitriles is 1. The summed E-state index contributed by atoms with van der Waals surface area (Å²) in [5.41, 5.74) is 0.711. The molecule has 2 aromatic heterocycles. The summed E-state index contributed by atoms with van der Waals surface area (Å²) in [7, 11) is 0. The third-order valence-corrected chi connectivity index (χ3v) is 4.83. The molecule has 3 N–H and O–H groups in total. The molecule has 30 heavy (non-hydrogen) atoms. The quantitative estimate of drug-likeness (QED) is 0.540. The first-order chi connectivity index (χ1) is 14.5. The molecule has 1 saturated heterocycles. The lowest BCUT2D eigenvalue weighted by Crippen LogP contribution is -2.35. The van der Waals surface area contributed by atoms with E-state index in [4.69, 9.17) is 5.26 Å². The number of nitrogens with zero attached hydrogens (tertiary/aromatic N) is 6. The summed E-state index contributed by atoms with van der Waals surface area (Å²) in [4.78, 5) is 23.0. The maximum Gasteiger partial charge on any atom is 0.241 e. The minimum absolute atomic E-state index is 0.0853. The summed E-state index contributed by atoms with van der Waals surface area (Å²) >= 11 is 0. The summed E-state index contributed by atoms with van der Waals surface area (Å²) in [6.07, 6.45) is 7.92. The molecule has 0 aromatic carbocycles. The van der Waals surface area contributed by atoms with Gasteiger partial charge in [0.25, 0.3) is 0 Å². The molecule has 0 saturated carbocycles. The predicted molar refractivity (Wildman–Crippen MR) is 114 cm³/mol. The third-order valence-electron chi connectivity index (χ3n) is 4.83. The number of rotatable bonds is 10. The van der Waals surface area contributed by atoms with Crippen LogP contribution in [0.25, 0.3) is 0 Å². The van der Waals surface area contributed by atoms with Crippen LogP contribution < -0.4 is 16.0 Å². The van der Waals surface area contributed by atoms with E-state index in [9.17, 15) is 4.79 Å². The van der Waals surface area contributed by atoms with Crippen molar-refractivity contribution in [2.24, 2.45) is 0 Å². The Balaban J connectivity index is 1.52. The predicted octanol–water partition coefficient (Wildman–Crippen LogP) is 1.73. The molecule has 1 atom stereocenters. The summed E-state index contributed by atoms with van der Waals surface area (Å²) in [6, 6.07) is 4.56. The molecule has 1 amide bonds. The average molecular weight is 412 g/mol. The van der Waals surface area contributed by atoms with Crippen LogP contribution in [0.15, 0.2) is 24.7 Å². The first-order valence-corrected chi connectivity index (χ1v) is 10.3. The van der Waals surface area contributed by atoms with Crippen molar-refractivity contribution in [3.8, 4) is 6.07 Å². The van der Waals surface area contributed by atoms with E-state index < -0.39 is 0 Å². The Kier molecular flexibility index (Phi) is 7.57. The zero-order valence-corrected chi connectivity index (χ0v) is 17.5. The number of hydrogen-bond acceptors (Lipinski definition) is 8. The van der Waals surface area contributed by atoms with Crippen LogP contribution >= 0.6 is 0 Å². The Hall–Kier alpha value is -3.19. The molecule has 0 aliphatic carbocycles. The Morgan fingerprint density at radius 1 is 1.43 bits per heavy atom. The monoisotopic (exact) mass is 411 g/mol. The van der Waals surface area contributed by atoms with Gasteiger partial charge in [0.05, 0.1) is 18.0 Å². The van der Waals surface area contributed by atoms with Crippen molar-refractivity contribution in [1.82, 2.24) is 30.0 Å². The molecule has 3 heterocycles. The second kappa shape index (κ2) is 10.5. The van der Waals surface area contributed by atoms with Crippen molar-refractivity contribution in [2.45, 2.75) is 51.7 Å². The normalized spacial score (nSPS) is 16.4. The molecule has 1 aliphatic heterocycles. The maximum atomic E-state index is 11.9. The van der Waals surface area contributed by atoms with Crippen LogP contribution in [0.2, 0.25) is 0 Å². The molecule has 10 nitrogen and oxygen atoms in total. The van der Waals surface area contributed by atoms with E-state index in [2.05, 4.69) is 42.0 Å². The van der Waals surface area contributed by atoms with Gasteiger partial charge in [0.1, 0.15) is 12.4 Å². The van der Waals surface area contributed by atoms with Gasteiger partial charge < -0.3 is 16.0 Å². The number of hydrogen-bond donors (Lipinski definition) is 3. The van der Waals surface area contributed by atoms with Crippen LogP contribution in [0, 0.1) is 11.3 Å². The number of aromatic nitrogens is 4. The Morgan fingerprint density at radius 3 is 3.10 bits per heavy atom. The van der Waals surface area contributed by atoms with Gasteiger partial charge in [0.2, 0.25) is 11.9 Å². The highest BCUT2D eigenvalue weighted by Crippen LogP contribution is 2.18. The van der Waals surface area contributed by atoms with Crippen molar-refractivity contribution in [3.05, 3.63) is 24.7 Å². The lowest BCUT2D eigenvalue weighted by atomic mass is 10.2. The van der Waals surface area contributed by atoms with Crippen LogP contribution in [0.3, 0.4) is 0 Å². The van der Waals surface area contributed by atoms with Gasteiger partial charge in [-0.1, -0.05) is 0 Å². The molecule has 1 unspecified atom stereocenters. The minimum Gasteiger partial charge on any atom is -0.368 e. The third kappa shape index (κ3) is 6.42. The van der Waals surface area contributed by atoms with Gasteiger partial charge in [-0.25, -0.2) is 4.98 Å². The average Bonchev–Trinajstić information content (AvgIpc) is 3.33. The lowest BCUT2D eigenvalue weighted by molar-refractivity contribution is -0.122. The van der Waals surface area contributed by atoms with Crippen molar-refractivity contribution in [1.29, 1.82) is 5.26 Å². The van der Waals surface area contributed by atoms with E-state index in [1.54, 1.807) is 23.3 Å². The van der Waals surface area contributed by atoms with E-state index in [0.29, 0.717) is 24.1 Å². The summed E-state index contributed by atoms with van der Waals surface area (Å²) in [5, 5.41) is 22.3. The molecule has 0 bridgehead atoms. The van der Waals surface area contributed by atoms with Crippen molar-refractivity contribution in [3.63, 3.8) is 0 Å². The highest BCUT2D eigenvalue weighted by Gasteiger charge is 2.23. The van der Waals surface area contributed by atoms with Gasteiger partial charge in [-0.05, 0) is 39.3 Å². The SMILES string of the molecule is CC(C)NC(=O)Cn1cc(Nc2nccc(NCC3CCCN3CCC#N)n2)cn1. The van der Waals surface area contributed by atoms with Crippen LogP contribution in [0.4, 0.5) is 17.5 Å². The number of carbonyl (C=O) groups excluding carboxylic acids is 1. The van der Waals surface area contributed by atoms with Gasteiger partial charge in [0.15, 0.2) is 0 Å². The van der Waals surface area contributed by atoms with E-state index in [0.717, 1.165) is 38.3 Å². The lowest BCUT2D eigenvalue weighted by Gasteiger charge is -2.23. The summed E-state index contributed by atoms with van der Waals surface area (Å²) in [5.74, 6) is 1.11. The standard InChI is InChI=1S/C20H29N9O/c1-15(2)25-19(30)14-29-13-16(11-24-29)26-20-22-8-6-18(27-20)23-12-17-5-3-9-28(17)10-4-7-21/h6,8,11,13,15,17H,3-5,9-10,12,14H2,1-2H3,(H,25,30)(H2,22,23,26,27). The largest absolute Gasteiger partial charge is 0.368 e. The van der Waals surface area contributed by atoms with E-state index >= 15 is 0 Å². The van der Waals surface area contributed by atoms with Gasteiger partial charge in [-0.15, -0.1) is 0 Å².